The average molecular weight is 158 g/mol. The predicted octanol–water partition coefficient (Wildman–Crippen LogP) is -0.432. The van der Waals surface area contributed by atoms with E-state index < -0.39 is 23.6 Å². The van der Waals surface area contributed by atoms with Crippen molar-refractivity contribution in [2.24, 2.45) is 0 Å². The molecule has 50 valence electrons. The van der Waals surface area contributed by atoms with Crippen LogP contribution >= 0.6 is 25.3 Å². The summed E-state index contributed by atoms with van der Waals surface area (Å²) in [4.78, 5) is 0. The van der Waals surface area contributed by atoms with E-state index >= 15 is 0 Å². The highest BCUT2D eigenvalue weighted by Crippen LogP contribution is 1.96. The summed E-state index contributed by atoms with van der Waals surface area (Å²) in [5, 5.41) is 18.2. The van der Waals surface area contributed by atoms with Gasteiger partial charge in [-0.1, -0.05) is 0 Å². The second-order valence-corrected chi connectivity index (χ2v) is 1.61. The van der Waals surface area contributed by atoms with Gasteiger partial charge in [-0.05, 0) is 0 Å². The van der Waals surface area contributed by atoms with Crippen LogP contribution in [0.5, 0.6) is 0 Å². The maximum absolute atomic E-state index is 9.11. The lowest BCUT2D eigenvalue weighted by molar-refractivity contribution is 0.0504. The molecule has 0 spiro atoms. The van der Waals surface area contributed by atoms with Gasteiger partial charge in [0.1, 0.15) is 0 Å². The second kappa shape index (κ2) is 4.49. The van der Waals surface area contributed by atoms with E-state index in [1.807, 2.05) is 0 Å². The number of thiol groups is 2. The van der Waals surface area contributed by atoms with Crippen molar-refractivity contribution in [3.63, 3.8) is 0 Å². The molecule has 2 atom stereocenters. The Morgan fingerprint density at radius 1 is 1.50 bits per heavy atom. The highest BCUT2D eigenvalue weighted by atomic mass is 32.1. The second-order valence-electron chi connectivity index (χ2n) is 1.07. The molecule has 2 N–H and O–H groups in total. The largest absolute Gasteiger partial charge is 0.390 e. The first-order valence-corrected chi connectivity index (χ1v) is 2.92. The lowest BCUT2D eigenvalue weighted by Gasteiger charge is -2.11. The SMILES string of the molecule is [2H]C([2H])(S)[C@@]([2H])(O)[C@]([2H])(O)CS. The Morgan fingerprint density at radius 3 is 2.12 bits per heavy atom. The highest BCUT2D eigenvalue weighted by Gasteiger charge is 2.10. The van der Waals surface area contributed by atoms with E-state index in [-0.39, 0.29) is 0 Å². The van der Waals surface area contributed by atoms with Crippen LogP contribution in [-0.4, -0.2) is 33.8 Å². The van der Waals surface area contributed by atoms with Gasteiger partial charge >= 0.3 is 0 Å². The quantitative estimate of drug-likeness (QED) is 0.421. The fourth-order valence-electron chi connectivity index (χ4n) is 0.139. The van der Waals surface area contributed by atoms with Crippen molar-refractivity contribution in [2.45, 2.75) is 12.2 Å². The van der Waals surface area contributed by atoms with E-state index in [2.05, 4.69) is 25.3 Å². The van der Waals surface area contributed by atoms with Gasteiger partial charge in [-0.15, -0.1) is 0 Å². The van der Waals surface area contributed by atoms with E-state index in [1.54, 1.807) is 0 Å². The Balaban J connectivity index is 4.85. The zero-order valence-corrected chi connectivity index (χ0v) is 5.78. The molecule has 0 aromatic heterocycles. The number of rotatable bonds is 3. The molecule has 0 radical (unpaired) electrons. The number of hydrogen-bond donors (Lipinski definition) is 4. The molecule has 0 fully saturated rings. The molecule has 4 heteroatoms. The smallest absolute Gasteiger partial charge is 0.0894 e. The number of hydrogen-bond acceptors (Lipinski definition) is 4. The first-order chi connectivity index (χ1) is 5.06. The monoisotopic (exact) mass is 158 g/mol. The maximum atomic E-state index is 9.11. The van der Waals surface area contributed by atoms with Crippen LogP contribution in [0, 0.1) is 0 Å². The van der Waals surface area contributed by atoms with E-state index in [9.17, 15) is 0 Å². The van der Waals surface area contributed by atoms with Gasteiger partial charge in [0.05, 0.1) is 14.9 Å². The minimum Gasteiger partial charge on any atom is -0.390 e. The molecule has 0 aromatic carbocycles. The molecule has 0 saturated heterocycles. The molecular formula is C4H10O2S2. The van der Waals surface area contributed by atoms with Gasteiger partial charge < -0.3 is 10.2 Å². The summed E-state index contributed by atoms with van der Waals surface area (Å²) in [6.45, 7) is 0. The molecule has 0 aromatic rings. The van der Waals surface area contributed by atoms with Crippen LogP contribution in [0.1, 0.15) is 5.48 Å². The molecule has 8 heavy (non-hydrogen) atoms. The van der Waals surface area contributed by atoms with E-state index in [0.717, 1.165) is 0 Å². The normalized spacial score (nSPS) is 35.0. The minimum atomic E-state index is -3.02. The van der Waals surface area contributed by atoms with Crippen LogP contribution in [0.3, 0.4) is 0 Å². The third-order valence-corrected chi connectivity index (χ3v) is 1.04. The summed E-state index contributed by atoms with van der Waals surface area (Å²) >= 11 is 6.77. The molecule has 0 aliphatic heterocycles. The van der Waals surface area contributed by atoms with Crippen molar-refractivity contribution >= 4 is 25.3 Å². The molecule has 2 nitrogen and oxygen atoms in total. The molecule has 0 saturated carbocycles. The number of aliphatic hydroxyl groups is 2. The van der Waals surface area contributed by atoms with E-state index in [0.29, 0.717) is 0 Å². The van der Waals surface area contributed by atoms with Gasteiger partial charge in [-0.2, -0.15) is 25.3 Å². The summed E-state index contributed by atoms with van der Waals surface area (Å²) in [6, 6.07) is 0. The Bertz CT molecular complexity index is 167. The van der Waals surface area contributed by atoms with Crippen molar-refractivity contribution in [2.75, 3.05) is 11.5 Å². The van der Waals surface area contributed by atoms with E-state index in [4.69, 9.17) is 15.7 Å². The predicted molar refractivity (Wildman–Crippen MR) is 39.7 cm³/mol. The summed E-state index contributed by atoms with van der Waals surface area (Å²) in [5.74, 6) is -0.562. The molecule has 0 rings (SSSR count). The van der Waals surface area contributed by atoms with Gasteiger partial charge in [0.2, 0.25) is 0 Å². The van der Waals surface area contributed by atoms with Gasteiger partial charge in [-0.25, -0.2) is 0 Å². The Morgan fingerprint density at radius 2 is 2.00 bits per heavy atom. The Kier molecular flexibility index (Phi) is 2.08. The zero-order valence-electron chi connectivity index (χ0n) is 8.00. The summed E-state index contributed by atoms with van der Waals surface area (Å²) in [6.07, 6.45) is -5.72. The lowest BCUT2D eigenvalue weighted by atomic mass is 10.3. The molecule has 0 aliphatic carbocycles. The minimum absolute atomic E-state index is 0.562. The van der Waals surface area contributed by atoms with Crippen LogP contribution in [0.2, 0.25) is 0 Å². The van der Waals surface area contributed by atoms with Crippen molar-refractivity contribution in [3.8, 4) is 0 Å². The van der Waals surface area contributed by atoms with Crippen LogP contribution in [0.15, 0.2) is 0 Å². The first kappa shape index (κ1) is 3.71. The molecule has 0 bridgehead atoms. The van der Waals surface area contributed by atoms with Crippen molar-refractivity contribution < 1.29 is 15.7 Å². The molecular weight excluding hydrogens is 144 g/mol. The Labute approximate surface area is 65.4 Å². The third-order valence-electron chi connectivity index (χ3n) is 0.529. The molecule has 0 heterocycles. The van der Waals surface area contributed by atoms with Crippen LogP contribution in [0.25, 0.3) is 0 Å². The molecule has 0 unspecified atom stereocenters. The zero-order chi connectivity index (χ0) is 10.2. The topological polar surface area (TPSA) is 40.5 Å². The fraction of sp³-hybridized carbons (Fsp3) is 1.00. The van der Waals surface area contributed by atoms with Crippen molar-refractivity contribution in [1.29, 1.82) is 0 Å². The fourth-order valence-corrected chi connectivity index (χ4v) is 0.418. The van der Waals surface area contributed by atoms with Gasteiger partial charge in [-0.3, -0.25) is 0 Å². The highest BCUT2D eigenvalue weighted by molar-refractivity contribution is 7.80. The van der Waals surface area contributed by atoms with Crippen LogP contribution < -0.4 is 0 Å². The maximum Gasteiger partial charge on any atom is 0.0894 e. The van der Waals surface area contributed by atoms with Crippen molar-refractivity contribution in [3.05, 3.63) is 0 Å². The van der Waals surface area contributed by atoms with Gasteiger partial charge in [0.25, 0.3) is 0 Å². The average Bonchev–Trinajstić information content (AvgIpc) is 1.85. The van der Waals surface area contributed by atoms with E-state index in [1.165, 1.54) is 0 Å². The summed E-state index contributed by atoms with van der Waals surface area (Å²) in [5.41, 5.74) is -2.69. The van der Waals surface area contributed by atoms with Gasteiger partial charge in [0, 0.05) is 14.2 Å². The van der Waals surface area contributed by atoms with Crippen LogP contribution in [-0.2, 0) is 0 Å². The van der Waals surface area contributed by atoms with Crippen molar-refractivity contribution in [1.82, 2.24) is 0 Å². The first-order valence-electron chi connectivity index (χ1n) is 3.84. The van der Waals surface area contributed by atoms with Gasteiger partial charge in [0.15, 0.2) is 0 Å². The third kappa shape index (κ3) is 2.81. The lowest BCUT2D eigenvalue weighted by Crippen LogP contribution is -2.28. The summed E-state index contributed by atoms with van der Waals surface area (Å²) < 4.78 is 27.7. The summed E-state index contributed by atoms with van der Waals surface area (Å²) in [7, 11) is 0. The Hall–Kier alpha value is 0.620. The molecule has 0 amide bonds. The standard InChI is InChI=1S/C4H10O2S2/c5-3(1-7)4(6)2-8/h3-8H,1-2H2/t3-,4-/m1/s1/i1D2,3D,4D. The molecule has 0 aliphatic rings. The van der Waals surface area contributed by atoms with Crippen LogP contribution in [0.4, 0.5) is 0 Å².